The summed E-state index contributed by atoms with van der Waals surface area (Å²) in [5.74, 6) is 0. The third-order valence-electron chi connectivity index (χ3n) is 10.2. The molecule has 0 bridgehead atoms. The largest absolute Gasteiger partial charge is 0.309 e. The van der Waals surface area contributed by atoms with Gasteiger partial charge in [0.25, 0.3) is 0 Å². The number of hydrogen-bond acceptors (Lipinski definition) is 0. The van der Waals surface area contributed by atoms with Gasteiger partial charge in [-0.05, 0) is 76.7 Å². The third kappa shape index (κ3) is 4.79. The van der Waals surface area contributed by atoms with E-state index in [9.17, 15) is 16.4 Å². The van der Waals surface area contributed by atoms with Crippen LogP contribution in [0.2, 0.25) is 0 Å². The van der Waals surface area contributed by atoms with Crippen LogP contribution in [0.25, 0.3) is 105 Å². The van der Waals surface area contributed by atoms with Crippen molar-refractivity contribution in [1.29, 1.82) is 0 Å². The second-order valence-corrected chi connectivity index (χ2v) is 13.3. The lowest BCUT2D eigenvalue weighted by Crippen LogP contribution is -2.01. The first-order valence-electron chi connectivity index (χ1n) is 28.8. The van der Waals surface area contributed by atoms with E-state index in [4.69, 9.17) is 13.7 Å². The highest BCUT2D eigenvalue weighted by Crippen LogP contribution is 2.41. The van der Waals surface area contributed by atoms with Gasteiger partial charge >= 0.3 is 0 Å². The van der Waals surface area contributed by atoms with E-state index in [2.05, 4.69) is 0 Å². The number of benzene rings is 9. The number of fused-ring (bicyclic) bond motifs is 9. The van der Waals surface area contributed by atoms with Crippen molar-refractivity contribution in [3.8, 4) is 39.3 Å². The quantitative estimate of drug-likeness (QED) is 0.167. The van der Waals surface area contributed by atoms with Crippen molar-refractivity contribution in [1.82, 2.24) is 13.7 Å². The zero-order valence-electron chi connectivity index (χ0n) is 51.3. The van der Waals surface area contributed by atoms with Crippen molar-refractivity contribution in [3.63, 3.8) is 0 Å². The van der Waals surface area contributed by atoms with Gasteiger partial charge in [0.1, 0.15) is 0 Å². The Morgan fingerprint density at radius 2 is 0.807 bits per heavy atom. The van der Waals surface area contributed by atoms with Gasteiger partial charge in [-0.1, -0.05) is 157 Å². The van der Waals surface area contributed by atoms with Crippen molar-refractivity contribution in [2.24, 2.45) is 0 Å². The lowest BCUT2D eigenvalue weighted by Gasteiger charge is -2.16. The number of para-hydroxylation sites is 5. The van der Waals surface area contributed by atoms with Crippen LogP contribution in [0.15, 0.2) is 212 Å². The van der Waals surface area contributed by atoms with Crippen molar-refractivity contribution in [3.05, 3.63) is 212 Å². The summed E-state index contributed by atoms with van der Waals surface area (Å²) < 4.78 is 206. The molecule has 3 nitrogen and oxygen atoms in total. The van der Waals surface area contributed by atoms with E-state index in [1.165, 1.54) is 4.57 Å². The number of nitrogens with zero attached hydrogens (tertiary/aromatic N) is 3. The Labute approximate surface area is 360 Å². The van der Waals surface area contributed by atoms with Gasteiger partial charge in [-0.25, -0.2) is 0 Å². The Morgan fingerprint density at radius 1 is 0.316 bits per heavy atom. The van der Waals surface area contributed by atoms with Gasteiger partial charge < -0.3 is 13.7 Å². The van der Waals surface area contributed by atoms with Crippen LogP contribution in [0.4, 0.5) is 0 Å². The monoisotopic (exact) mass is 747 g/mol. The summed E-state index contributed by atoms with van der Waals surface area (Å²) in [6.07, 6.45) is 0. The van der Waals surface area contributed by atoms with Gasteiger partial charge in [-0.15, -0.1) is 0 Å². The predicted molar refractivity (Wildman–Crippen MR) is 240 cm³/mol. The minimum atomic E-state index is -0.895. The fourth-order valence-corrected chi connectivity index (χ4v) is 7.77. The zero-order chi connectivity index (χ0) is 56.6. The smallest absolute Gasteiger partial charge is 0.0782 e. The minimum Gasteiger partial charge on any atom is -0.309 e. The lowest BCUT2D eigenvalue weighted by atomic mass is 10.00. The molecule has 0 atom stereocenters. The third-order valence-corrected chi connectivity index (χ3v) is 10.2. The first-order chi connectivity index (χ1) is 37.5. The van der Waals surface area contributed by atoms with Crippen LogP contribution >= 0.6 is 0 Å². The van der Waals surface area contributed by atoms with Crippen LogP contribution in [0.1, 0.15) is 30.2 Å². The van der Waals surface area contributed by atoms with Crippen LogP contribution in [-0.4, -0.2) is 13.7 Å². The highest BCUT2D eigenvalue weighted by Gasteiger charge is 2.21. The molecule has 0 fully saturated rings. The predicted octanol–water partition coefficient (Wildman–Crippen LogP) is 14.3. The first kappa shape index (κ1) is 17.0. The molecule has 266 valence electrons. The maximum absolute atomic E-state index is 10.3. The minimum absolute atomic E-state index is 0.185. The van der Waals surface area contributed by atoms with Crippen LogP contribution in [0, 0.1) is 0 Å². The molecule has 0 N–H and O–H groups in total. The summed E-state index contributed by atoms with van der Waals surface area (Å²) in [6, 6.07) is 6.95. The van der Waals surface area contributed by atoms with Gasteiger partial charge in [0.05, 0.1) is 68.9 Å². The van der Waals surface area contributed by atoms with E-state index in [-0.39, 0.29) is 27.5 Å². The standard InChI is InChI=1S/C54H35N3/c1-2-14-36(15-3-1)37-28-30-38(31-29-37)39-16-12-17-40(34-39)56-50-25-10-7-21-45(50)47-22-13-27-52(54(47)56)57-51-26-11-6-20-44(51)46-33-32-41(35-53(46)57)55-48-23-8-4-18-42(48)43-19-5-9-24-49(43)55/h1-35H/i4D,5D,6D,7D,8D,9D,10D,11D,13D,18D,19D,20D,21D,22D,23D,24D,25D,26D,27D,32D,33D,35D. The van der Waals surface area contributed by atoms with E-state index >= 15 is 0 Å². The SMILES string of the molecule is [2H]c1c([2H])c([2H])c2c(c1[2H])c1c([2H])c([2H])c([2H])c(-n3c4c([2H])c([2H])c([2H])c([2H])c4c4c([2H])c([2H])c(-n5c6c([2H])c([2H])c([2H])c([2H])c6c6c([2H])c([2H])c([2H])c([2H])c65)c([2H])c43)c1n2-c1cccc(-c2ccc(-c3ccccc3)cc2)c1. The molecule has 0 aliphatic carbocycles. The topological polar surface area (TPSA) is 14.8 Å². The summed E-state index contributed by atoms with van der Waals surface area (Å²) in [4.78, 5) is 0. The molecule has 0 radical (unpaired) electrons. The van der Waals surface area contributed by atoms with E-state index in [0.717, 1.165) is 20.3 Å². The molecule has 3 heteroatoms. The van der Waals surface area contributed by atoms with E-state index in [0.29, 0.717) is 11.1 Å². The van der Waals surface area contributed by atoms with E-state index < -0.39 is 188 Å². The molecule has 0 aliphatic heterocycles. The van der Waals surface area contributed by atoms with Gasteiger partial charge in [-0.3, -0.25) is 0 Å². The van der Waals surface area contributed by atoms with Crippen LogP contribution in [0.5, 0.6) is 0 Å². The molecule has 12 rings (SSSR count). The average molecular weight is 748 g/mol. The Morgan fingerprint density at radius 3 is 1.46 bits per heavy atom. The van der Waals surface area contributed by atoms with Crippen molar-refractivity contribution in [2.75, 3.05) is 0 Å². The maximum atomic E-state index is 10.3. The Balaban J connectivity index is 1.32. The second kappa shape index (κ2) is 12.5. The van der Waals surface area contributed by atoms with Crippen molar-refractivity contribution >= 4 is 65.4 Å². The zero-order valence-corrected chi connectivity index (χ0v) is 29.3. The molecule has 9 aromatic carbocycles. The normalized spacial score (nSPS) is 17.3. The fraction of sp³-hybridized carbons (Fsp3) is 0. The molecule has 0 saturated carbocycles. The summed E-state index contributed by atoms with van der Waals surface area (Å²) in [5, 5.41) is -2.35. The first-order valence-corrected chi connectivity index (χ1v) is 17.8. The Bertz CT molecular complexity index is 4710. The summed E-state index contributed by atoms with van der Waals surface area (Å²) >= 11 is 0. The molecule has 0 saturated heterocycles. The van der Waals surface area contributed by atoms with Gasteiger partial charge in [0, 0.05) is 43.7 Å². The molecule has 0 amide bonds. The molecular formula is C54H35N3. The van der Waals surface area contributed by atoms with E-state index in [1.807, 2.05) is 54.6 Å². The summed E-state index contributed by atoms with van der Waals surface area (Å²) in [7, 11) is 0. The average Bonchev–Trinajstić information content (AvgIpc) is 4.33. The molecule has 12 aromatic rings. The van der Waals surface area contributed by atoms with Crippen molar-refractivity contribution < 1.29 is 30.2 Å². The number of aromatic nitrogens is 3. The van der Waals surface area contributed by atoms with Gasteiger partial charge in [0.15, 0.2) is 0 Å². The van der Waals surface area contributed by atoms with Crippen LogP contribution < -0.4 is 0 Å². The second-order valence-electron chi connectivity index (χ2n) is 13.3. The highest BCUT2D eigenvalue weighted by molar-refractivity contribution is 6.16. The van der Waals surface area contributed by atoms with Crippen LogP contribution in [-0.2, 0) is 0 Å². The maximum Gasteiger partial charge on any atom is 0.0782 e. The molecule has 0 unspecified atom stereocenters. The highest BCUT2D eigenvalue weighted by atomic mass is 15.1. The van der Waals surface area contributed by atoms with Crippen molar-refractivity contribution in [2.45, 2.75) is 0 Å². The molecule has 0 spiro atoms. The van der Waals surface area contributed by atoms with Gasteiger partial charge in [0.2, 0.25) is 0 Å². The molecule has 57 heavy (non-hydrogen) atoms. The molecule has 3 aromatic heterocycles. The fourth-order valence-electron chi connectivity index (χ4n) is 7.77. The molecular weight excluding hydrogens is 691 g/mol. The molecule has 3 heterocycles. The summed E-state index contributed by atoms with van der Waals surface area (Å²) in [6.45, 7) is 0. The van der Waals surface area contributed by atoms with E-state index in [1.54, 1.807) is 24.3 Å². The van der Waals surface area contributed by atoms with Gasteiger partial charge in [-0.2, -0.15) is 0 Å². The number of rotatable bonds is 5. The Hall–Kier alpha value is -7.62. The Kier molecular flexibility index (Phi) is 3.72. The lowest BCUT2D eigenvalue weighted by molar-refractivity contribution is 1.12. The number of hydrogen-bond donors (Lipinski definition) is 0. The van der Waals surface area contributed by atoms with Crippen LogP contribution in [0.3, 0.4) is 0 Å². The summed E-state index contributed by atoms with van der Waals surface area (Å²) in [5.41, 5.74) is -0.490. The molecule has 0 aliphatic rings.